The lowest BCUT2D eigenvalue weighted by Gasteiger charge is -2.15. The molecule has 0 atom stereocenters. The number of esters is 1. The van der Waals surface area contributed by atoms with Crippen LogP contribution in [0.5, 0.6) is 11.5 Å². The summed E-state index contributed by atoms with van der Waals surface area (Å²) in [5, 5.41) is 0.384. The molecule has 1 heterocycles. The third kappa shape index (κ3) is 4.84. The highest BCUT2D eigenvalue weighted by Gasteiger charge is 2.24. The maximum atomic E-state index is 12.3. The Morgan fingerprint density at radius 3 is 2.53 bits per heavy atom. The highest BCUT2D eigenvalue weighted by molar-refractivity contribution is 6.32. The van der Waals surface area contributed by atoms with E-state index in [4.69, 9.17) is 25.8 Å². The van der Waals surface area contributed by atoms with Crippen LogP contribution in [0.25, 0.3) is 6.08 Å². The molecule has 1 aliphatic heterocycles. The van der Waals surface area contributed by atoms with E-state index in [9.17, 15) is 4.79 Å². The minimum Gasteiger partial charge on any atom is -0.490 e. The Hall–Kier alpha value is -3.57. The predicted octanol–water partition coefficient (Wildman–Crippen LogP) is 5.97. The number of benzene rings is 3. The van der Waals surface area contributed by atoms with Gasteiger partial charge in [0.1, 0.15) is 6.61 Å². The molecule has 0 aromatic heterocycles. The number of hydrogen-bond donors (Lipinski definition) is 0. The zero-order valence-corrected chi connectivity index (χ0v) is 18.6. The van der Waals surface area contributed by atoms with Crippen LogP contribution in [0.3, 0.4) is 0 Å². The number of carbonyl (C=O) groups excluding carboxylic acids is 1. The van der Waals surface area contributed by atoms with Crippen LogP contribution in [0.15, 0.2) is 77.4 Å². The third-order valence-corrected chi connectivity index (χ3v) is 5.19. The number of aliphatic imine (C=N–C) groups is 1. The number of halogens is 1. The monoisotopic (exact) mass is 447 g/mol. The van der Waals surface area contributed by atoms with Crippen LogP contribution in [-0.2, 0) is 16.1 Å². The van der Waals surface area contributed by atoms with E-state index in [-0.39, 0.29) is 11.6 Å². The fourth-order valence-corrected chi connectivity index (χ4v) is 3.54. The summed E-state index contributed by atoms with van der Waals surface area (Å²) in [4.78, 5) is 16.7. The maximum Gasteiger partial charge on any atom is 0.363 e. The van der Waals surface area contributed by atoms with E-state index in [1.165, 1.54) is 0 Å². The summed E-state index contributed by atoms with van der Waals surface area (Å²) in [7, 11) is 0. The minimum absolute atomic E-state index is 0.191. The number of carbonyl (C=O) groups is 1. The van der Waals surface area contributed by atoms with Crippen LogP contribution in [0.2, 0.25) is 5.02 Å². The van der Waals surface area contributed by atoms with Gasteiger partial charge < -0.3 is 14.2 Å². The van der Waals surface area contributed by atoms with Gasteiger partial charge in [0, 0.05) is 5.56 Å². The third-order valence-electron chi connectivity index (χ3n) is 4.91. The molecule has 0 unspecified atom stereocenters. The summed E-state index contributed by atoms with van der Waals surface area (Å²) >= 11 is 6.54. The standard InChI is InChI=1S/C26H22ClNO4/c1-3-30-23-15-18(13-21(27)24(23)31-16-20-12-8-7-9-17(20)2)14-22-26(29)32-25(28-22)19-10-5-4-6-11-19/h4-15H,3,16H2,1-2H3/b22-14-. The van der Waals surface area contributed by atoms with Gasteiger partial charge in [-0.1, -0.05) is 54.1 Å². The normalized spacial score (nSPS) is 14.3. The summed E-state index contributed by atoms with van der Waals surface area (Å²) in [6, 6.07) is 20.8. The highest BCUT2D eigenvalue weighted by atomic mass is 35.5. The zero-order chi connectivity index (χ0) is 22.5. The number of cyclic esters (lactones) is 1. The van der Waals surface area contributed by atoms with Crippen LogP contribution in [0.4, 0.5) is 0 Å². The molecule has 3 aromatic rings. The lowest BCUT2D eigenvalue weighted by atomic mass is 10.1. The molecule has 5 nitrogen and oxygen atoms in total. The summed E-state index contributed by atoms with van der Waals surface area (Å²) in [5.41, 5.74) is 3.78. The summed E-state index contributed by atoms with van der Waals surface area (Å²) in [6.45, 7) is 4.72. The molecule has 0 fully saturated rings. The first kappa shape index (κ1) is 21.7. The number of rotatable bonds is 7. The van der Waals surface area contributed by atoms with Gasteiger partial charge in [0.2, 0.25) is 5.90 Å². The van der Waals surface area contributed by atoms with Crippen molar-refractivity contribution in [3.63, 3.8) is 0 Å². The zero-order valence-electron chi connectivity index (χ0n) is 17.8. The van der Waals surface area contributed by atoms with Gasteiger partial charge in [-0.25, -0.2) is 9.79 Å². The molecule has 0 bridgehead atoms. The molecule has 0 amide bonds. The van der Waals surface area contributed by atoms with Crippen LogP contribution in [0, 0.1) is 6.92 Å². The Morgan fingerprint density at radius 2 is 1.78 bits per heavy atom. The van der Waals surface area contributed by atoms with Gasteiger partial charge in [0.15, 0.2) is 17.2 Å². The van der Waals surface area contributed by atoms with E-state index in [1.807, 2.05) is 68.4 Å². The molecule has 0 radical (unpaired) electrons. The number of hydrogen-bond acceptors (Lipinski definition) is 5. The SMILES string of the molecule is CCOc1cc(/C=C2\N=C(c3ccccc3)OC2=O)cc(Cl)c1OCc1ccccc1C. The van der Waals surface area contributed by atoms with Crippen LogP contribution < -0.4 is 9.47 Å². The van der Waals surface area contributed by atoms with Crippen molar-refractivity contribution in [2.24, 2.45) is 4.99 Å². The van der Waals surface area contributed by atoms with Gasteiger partial charge in [0.25, 0.3) is 0 Å². The van der Waals surface area contributed by atoms with Gasteiger partial charge in [0.05, 0.1) is 11.6 Å². The van der Waals surface area contributed by atoms with Gasteiger partial charge in [-0.2, -0.15) is 0 Å². The Labute approximate surface area is 191 Å². The van der Waals surface area contributed by atoms with Crippen molar-refractivity contribution < 1.29 is 19.0 Å². The molecule has 6 heteroatoms. The topological polar surface area (TPSA) is 57.1 Å². The average Bonchev–Trinajstić information content (AvgIpc) is 3.15. The Kier molecular flexibility index (Phi) is 6.57. The maximum absolute atomic E-state index is 12.3. The van der Waals surface area contributed by atoms with Gasteiger partial charge >= 0.3 is 5.97 Å². The smallest absolute Gasteiger partial charge is 0.363 e. The number of aryl methyl sites for hydroxylation is 1. The van der Waals surface area contributed by atoms with Gasteiger partial charge in [-0.3, -0.25) is 0 Å². The summed E-state index contributed by atoms with van der Waals surface area (Å²) in [6.07, 6.45) is 1.62. The average molecular weight is 448 g/mol. The Balaban J connectivity index is 1.62. The first-order valence-corrected chi connectivity index (χ1v) is 10.6. The lowest BCUT2D eigenvalue weighted by molar-refractivity contribution is -0.129. The second-order valence-electron chi connectivity index (χ2n) is 7.18. The van der Waals surface area contributed by atoms with Crippen LogP contribution in [-0.4, -0.2) is 18.5 Å². The van der Waals surface area contributed by atoms with E-state index < -0.39 is 5.97 Å². The van der Waals surface area contributed by atoms with Crippen LogP contribution in [0.1, 0.15) is 29.2 Å². The summed E-state index contributed by atoms with van der Waals surface area (Å²) in [5.74, 6) is 0.717. The quantitative estimate of drug-likeness (QED) is 0.330. The number of nitrogens with zero attached hydrogens (tertiary/aromatic N) is 1. The van der Waals surface area contributed by atoms with Crippen LogP contribution >= 0.6 is 11.6 Å². The molecule has 162 valence electrons. The predicted molar refractivity (Wildman–Crippen MR) is 125 cm³/mol. The first-order valence-electron chi connectivity index (χ1n) is 10.3. The van der Waals surface area contributed by atoms with Crippen molar-refractivity contribution in [1.29, 1.82) is 0 Å². The Bertz CT molecular complexity index is 1200. The van der Waals surface area contributed by atoms with Crippen molar-refractivity contribution in [3.8, 4) is 11.5 Å². The van der Waals surface area contributed by atoms with Gasteiger partial charge in [-0.05, 0) is 60.9 Å². The molecule has 1 aliphatic rings. The van der Waals surface area contributed by atoms with E-state index in [0.29, 0.717) is 35.3 Å². The van der Waals surface area contributed by atoms with Gasteiger partial charge in [-0.15, -0.1) is 0 Å². The van der Waals surface area contributed by atoms with E-state index >= 15 is 0 Å². The second kappa shape index (κ2) is 9.71. The van der Waals surface area contributed by atoms with Crippen molar-refractivity contribution >= 4 is 29.5 Å². The minimum atomic E-state index is -0.516. The Morgan fingerprint density at radius 1 is 1.03 bits per heavy atom. The molecule has 0 N–H and O–H groups in total. The molecule has 0 aliphatic carbocycles. The number of ether oxygens (including phenoxy) is 3. The summed E-state index contributed by atoms with van der Waals surface area (Å²) < 4.78 is 17.1. The van der Waals surface area contributed by atoms with E-state index in [2.05, 4.69) is 4.99 Å². The first-order chi connectivity index (χ1) is 15.5. The fourth-order valence-electron chi connectivity index (χ4n) is 3.27. The van der Waals surface area contributed by atoms with Crippen molar-refractivity contribution in [2.75, 3.05) is 6.61 Å². The highest BCUT2D eigenvalue weighted by Crippen LogP contribution is 2.38. The molecule has 0 spiro atoms. The van der Waals surface area contributed by atoms with Crippen molar-refractivity contribution in [1.82, 2.24) is 0 Å². The molecule has 0 saturated heterocycles. The molecule has 3 aromatic carbocycles. The fraction of sp³-hybridized carbons (Fsp3) is 0.154. The molecule has 4 rings (SSSR count). The molecular weight excluding hydrogens is 426 g/mol. The van der Waals surface area contributed by atoms with E-state index in [1.54, 1.807) is 18.2 Å². The molecule has 32 heavy (non-hydrogen) atoms. The molecule has 0 saturated carbocycles. The largest absolute Gasteiger partial charge is 0.490 e. The van der Waals surface area contributed by atoms with Crippen molar-refractivity contribution in [2.45, 2.75) is 20.5 Å². The van der Waals surface area contributed by atoms with E-state index in [0.717, 1.165) is 16.7 Å². The van der Waals surface area contributed by atoms with Crippen molar-refractivity contribution in [3.05, 3.63) is 99.7 Å². The molecular formula is C26H22ClNO4. The lowest BCUT2D eigenvalue weighted by Crippen LogP contribution is -2.05. The second-order valence-corrected chi connectivity index (χ2v) is 7.59.